The summed E-state index contributed by atoms with van der Waals surface area (Å²) in [5.74, 6) is 0.470. The van der Waals surface area contributed by atoms with Crippen LogP contribution >= 0.6 is 0 Å². The summed E-state index contributed by atoms with van der Waals surface area (Å²) in [6.45, 7) is 16.7. The lowest BCUT2D eigenvalue weighted by atomic mass is 9.89. The van der Waals surface area contributed by atoms with Crippen molar-refractivity contribution in [2.45, 2.75) is 85.4 Å². The molecule has 3 amide bonds. The number of morpholine rings is 1. The topological polar surface area (TPSA) is 140 Å². The first kappa shape index (κ1) is 52.7. The van der Waals surface area contributed by atoms with Crippen LogP contribution in [-0.2, 0) is 56.0 Å². The van der Waals surface area contributed by atoms with E-state index in [2.05, 4.69) is 45.0 Å². The zero-order valence-corrected chi connectivity index (χ0v) is 44.6. The van der Waals surface area contributed by atoms with Gasteiger partial charge in [-0.05, 0) is 141 Å². The molecule has 6 heterocycles. The molecule has 0 spiro atoms. The second-order valence-electron chi connectivity index (χ2n) is 20.2. The highest BCUT2D eigenvalue weighted by molar-refractivity contribution is 6.13. The second-order valence-corrected chi connectivity index (χ2v) is 20.2. The molecule has 4 aromatic carbocycles. The van der Waals surface area contributed by atoms with Gasteiger partial charge < -0.3 is 38.4 Å². The van der Waals surface area contributed by atoms with Gasteiger partial charge in [0.05, 0.1) is 30.9 Å². The summed E-state index contributed by atoms with van der Waals surface area (Å²) in [4.78, 5) is 55.6. The van der Waals surface area contributed by atoms with Crippen molar-refractivity contribution < 1.29 is 29.0 Å². The number of carbonyl (C=O) groups is 3. The van der Waals surface area contributed by atoms with Gasteiger partial charge in [-0.15, -0.1) is 0 Å². The number of hydrogen-bond acceptors (Lipinski definition) is 9. The van der Waals surface area contributed by atoms with E-state index >= 15 is 9.59 Å². The van der Waals surface area contributed by atoms with Gasteiger partial charge in [-0.2, -0.15) is 5.26 Å². The van der Waals surface area contributed by atoms with Gasteiger partial charge in [0, 0.05) is 99.8 Å². The predicted octanol–water partition coefficient (Wildman–Crippen LogP) is 9.12. The molecule has 1 atom stereocenters. The maximum Gasteiger partial charge on any atom is 0.264 e. The van der Waals surface area contributed by atoms with E-state index in [0.717, 1.165) is 117 Å². The molecule has 0 bridgehead atoms. The van der Waals surface area contributed by atoms with Gasteiger partial charge in [0.15, 0.2) is 0 Å². The van der Waals surface area contributed by atoms with Crippen molar-refractivity contribution in [3.8, 4) is 28.8 Å². The van der Waals surface area contributed by atoms with Crippen LogP contribution in [0.2, 0.25) is 0 Å². The Morgan fingerprint density at radius 2 is 1.48 bits per heavy atom. The molecule has 14 heteroatoms. The van der Waals surface area contributed by atoms with Crippen LogP contribution in [0.5, 0.6) is 11.5 Å². The van der Waals surface area contributed by atoms with E-state index in [4.69, 9.17) is 9.47 Å². The number of ether oxygens (including phenoxy) is 2. The molecule has 1 N–H and O–H groups in total. The highest BCUT2D eigenvalue weighted by Gasteiger charge is 2.36. The number of benzene rings is 4. The average Bonchev–Trinajstić information content (AvgIpc) is 3.94. The summed E-state index contributed by atoms with van der Waals surface area (Å²) in [5, 5.41) is 20.3. The van der Waals surface area contributed by atoms with Gasteiger partial charge in [-0.25, -0.2) is 0 Å². The number of rotatable bonds is 13. The highest BCUT2D eigenvalue weighted by Crippen LogP contribution is 2.39. The van der Waals surface area contributed by atoms with Crippen molar-refractivity contribution in [3.05, 3.63) is 153 Å². The molecule has 2 saturated heterocycles. The van der Waals surface area contributed by atoms with Crippen molar-refractivity contribution in [3.63, 3.8) is 0 Å². The molecule has 2 fully saturated rings. The fourth-order valence-electron chi connectivity index (χ4n) is 11.2. The molecule has 14 nitrogen and oxygen atoms in total. The van der Waals surface area contributed by atoms with Crippen LogP contribution < -0.4 is 9.64 Å². The van der Waals surface area contributed by atoms with E-state index in [1.54, 1.807) is 46.8 Å². The molecule has 0 aliphatic carbocycles. The molecule has 6 aromatic rings. The monoisotopic (exact) mass is 1010 g/mol. The SMILES string of the molecule is CC.Cc1c(N(C(=O)c2cc(-c3cc4c(cc3C(=O)N3Cc5ccccc5CC3CN3CCCCC3)CN(C(=O)Cc3ccc(OCCN5CCOCC5)cc3)CC4)n(C)c2C)c2ccc(O)cc2)cc(C#N)n1C. The fraction of sp³-hybridized carbons (Fsp3) is 0.410. The Bertz CT molecular complexity index is 3050. The molecule has 392 valence electrons. The minimum Gasteiger partial charge on any atom is -0.508 e. The molecular weight excluding hydrogens is 941 g/mol. The summed E-state index contributed by atoms with van der Waals surface area (Å²) in [6, 6.07) is 32.7. The van der Waals surface area contributed by atoms with Crippen LogP contribution in [0.15, 0.2) is 97.1 Å². The standard InChI is InChI=1S/C59H66N8O6.C2H6/c1-40-52(59(71)67(47-14-16-50(68)17-15-47)55-34-48(36-60)61(3)41(55)2)35-56(62(40)4)53-32-44-20-23-65(57(69)30-42-12-18-51(19-13-42)73-29-26-63-24-27-72-28-25-63)37-46(44)33-54(53)58(70)66-38-45-11-7-6-10-43(45)31-49(66)39-64-21-8-5-9-22-64;1-2/h6-7,10-19,32-35,49,68H,5,8-9,20-31,37-39H2,1-4H3;1-2H3. The normalized spacial score (nSPS) is 16.8. The maximum absolute atomic E-state index is 15.8. The van der Waals surface area contributed by atoms with Crippen molar-refractivity contribution in [1.82, 2.24) is 28.7 Å². The molecule has 75 heavy (non-hydrogen) atoms. The molecule has 1 unspecified atom stereocenters. The number of fused-ring (bicyclic) bond motifs is 2. The van der Waals surface area contributed by atoms with E-state index < -0.39 is 0 Å². The van der Waals surface area contributed by atoms with Crippen molar-refractivity contribution >= 4 is 29.1 Å². The minimum absolute atomic E-state index is 0.0211. The number of aromatic hydroxyl groups is 1. The van der Waals surface area contributed by atoms with E-state index in [0.29, 0.717) is 66.6 Å². The fourth-order valence-corrected chi connectivity index (χ4v) is 11.2. The Labute approximate surface area is 442 Å². The van der Waals surface area contributed by atoms with E-state index in [1.807, 2.05) is 86.7 Å². The number of aromatic nitrogens is 2. The lowest BCUT2D eigenvalue weighted by Crippen LogP contribution is -2.51. The number of amides is 3. The number of carbonyl (C=O) groups excluding carboxylic acids is 3. The number of phenolic OH excluding ortho intramolecular Hbond substituents is 1. The minimum atomic E-state index is -0.316. The Kier molecular flexibility index (Phi) is 16.6. The molecule has 4 aliphatic heterocycles. The summed E-state index contributed by atoms with van der Waals surface area (Å²) < 4.78 is 15.3. The van der Waals surface area contributed by atoms with Crippen LogP contribution in [-0.4, -0.2) is 123 Å². The third-order valence-electron chi connectivity index (χ3n) is 15.7. The lowest BCUT2D eigenvalue weighted by Gasteiger charge is -2.41. The number of anilines is 2. The van der Waals surface area contributed by atoms with Gasteiger partial charge in [0.1, 0.15) is 29.9 Å². The number of phenols is 1. The quantitative estimate of drug-likeness (QED) is 0.120. The Morgan fingerprint density at radius 1 is 0.760 bits per heavy atom. The first-order valence-electron chi connectivity index (χ1n) is 26.9. The molecule has 10 rings (SSSR count). The van der Waals surface area contributed by atoms with Gasteiger partial charge in [0.25, 0.3) is 11.8 Å². The smallest absolute Gasteiger partial charge is 0.264 e. The van der Waals surface area contributed by atoms with Gasteiger partial charge in [-0.3, -0.25) is 24.2 Å². The summed E-state index contributed by atoms with van der Waals surface area (Å²) >= 11 is 0. The lowest BCUT2D eigenvalue weighted by molar-refractivity contribution is -0.131. The molecule has 0 saturated carbocycles. The Morgan fingerprint density at radius 3 is 2.19 bits per heavy atom. The second kappa shape index (κ2) is 23.6. The van der Waals surface area contributed by atoms with Crippen molar-refractivity contribution in [1.29, 1.82) is 5.26 Å². The molecule has 4 aliphatic rings. The number of likely N-dealkylation sites (tertiary alicyclic amines) is 1. The van der Waals surface area contributed by atoms with Crippen LogP contribution in [0.25, 0.3) is 11.3 Å². The zero-order chi connectivity index (χ0) is 52.8. The number of hydrogen-bond donors (Lipinski definition) is 1. The van der Waals surface area contributed by atoms with Crippen LogP contribution in [0.3, 0.4) is 0 Å². The van der Waals surface area contributed by atoms with E-state index in [-0.39, 0.29) is 35.9 Å². The Balaban J connectivity index is 0.00000340. The van der Waals surface area contributed by atoms with Crippen molar-refractivity contribution in [2.75, 3.05) is 70.5 Å². The molecular formula is C61H72N8O6. The first-order valence-corrected chi connectivity index (χ1v) is 26.9. The van der Waals surface area contributed by atoms with Gasteiger partial charge >= 0.3 is 0 Å². The number of nitrogens with zero attached hydrogens (tertiary/aromatic N) is 8. The molecule has 0 radical (unpaired) electrons. The Hall–Kier alpha value is -7.18. The van der Waals surface area contributed by atoms with Gasteiger partial charge in [-0.1, -0.05) is 56.7 Å². The van der Waals surface area contributed by atoms with Crippen molar-refractivity contribution in [2.24, 2.45) is 14.1 Å². The third-order valence-corrected chi connectivity index (χ3v) is 15.7. The summed E-state index contributed by atoms with van der Waals surface area (Å²) in [5.41, 5.74) is 10.7. The predicted molar refractivity (Wildman–Crippen MR) is 292 cm³/mol. The largest absolute Gasteiger partial charge is 0.508 e. The average molecular weight is 1010 g/mol. The van der Waals surface area contributed by atoms with Crippen LogP contribution in [0.4, 0.5) is 11.4 Å². The summed E-state index contributed by atoms with van der Waals surface area (Å²) in [7, 11) is 3.73. The van der Waals surface area contributed by atoms with E-state index in [9.17, 15) is 15.2 Å². The third kappa shape index (κ3) is 11.4. The number of nitriles is 1. The number of piperidine rings is 1. The van der Waals surface area contributed by atoms with Crippen LogP contribution in [0, 0.1) is 25.2 Å². The maximum atomic E-state index is 15.8. The highest BCUT2D eigenvalue weighted by atomic mass is 16.5. The van der Waals surface area contributed by atoms with Crippen LogP contribution in [0.1, 0.15) is 98.7 Å². The molecule has 2 aromatic heterocycles. The summed E-state index contributed by atoms with van der Waals surface area (Å²) in [6.07, 6.45) is 5.13. The first-order chi connectivity index (χ1) is 36.4. The van der Waals surface area contributed by atoms with Gasteiger partial charge in [0.2, 0.25) is 5.91 Å². The van der Waals surface area contributed by atoms with E-state index in [1.165, 1.54) is 12.0 Å². The zero-order valence-electron chi connectivity index (χ0n) is 44.6.